The minimum atomic E-state index is -0.490. The summed E-state index contributed by atoms with van der Waals surface area (Å²) in [7, 11) is 0. The molecule has 1 atom stereocenters. The van der Waals surface area contributed by atoms with Crippen molar-refractivity contribution in [2.45, 2.75) is 32.7 Å². The van der Waals surface area contributed by atoms with Gasteiger partial charge in [-0.25, -0.2) is 0 Å². The molecule has 7 heteroatoms. The molecule has 2 N–H and O–H groups in total. The first-order valence-corrected chi connectivity index (χ1v) is 10.2. The molecule has 7 nitrogen and oxygen atoms in total. The van der Waals surface area contributed by atoms with Crippen molar-refractivity contribution in [1.29, 1.82) is 0 Å². The third kappa shape index (κ3) is 5.83. The van der Waals surface area contributed by atoms with E-state index in [2.05, 4.69) is 17.8 Å². The van der Waals surface area contributed by atoms with Gasteiger partial charge in [-0.2, -0.15) is 0 Å². The second kappa shape index (κ2) is 10.4. The van der Waals surface area contributed by atoms with Crippen molar-refractivity contribution in [1.82, 2.24) is 15.8 Å². The van der Waals surface area contributed by atoms with E-state index in [4.69, 9.17) is 4.74 Å². The molecule has 1 saturated heterocycles. The number of hydrazine groups is 1. The third-order valence-corrected chi connectivity index (χ3v) is 4.98. The predicted molar refractivity (Wildman–Crippen MR) is 112 cm³/mol. The van der Waals surface area contributed by atoms with Crippen molar-refractivity contribution in [2.75, 3.05) is 13.2 Å². The zero-order valence-electron chi connectivity index (χ0n) is 17.1. The van der Waals surface area contributed by atoms with Crippen LogP contribution in [0.25, 0.3) is 0 Å². The molecule has 0 aromatic heterocycles. The number of rotatable bonds is 8. The van der Waals surface area contributed by atoms with E-state index in [0.29, 0.717) is 31.0 Å². The highest BCUT2D eigenvalue weighted by molar-refractivity contribution is 5.96. The largest absolute Gasteiger partial charge is 0.494 e. The lowest BCUT2D eigenvalue weighted by Crippen LogP contribution is -2.45. The first-order chi connectivity index (χ1) is 14.6. The first kappa shape index (κ1) is 21.4. The van der Waals surface area contributed by atoms with Gasteiger partial charge in [0.2, 0.25) is 11.8 Å². The highest BCUT2D eigenvalue weighted by atomic mass is 16.5. The lowest BCUT2D eigenvalue weighted by Gasteiger charge is -2.16. The van der Waals surface area contributed by atoms with Crippen molar-refractivity contribution in [3.8, 4) is 5.75 Å². The summed E-state index contributed by atoms with van der Waals surface area (Å²) >= 11 is 0. The highest BCUT2D eigenvalue weighted by Gasteiger charge is 2.34. The normalized spacial score (nSPS) is 15.7. The summed E-state index contributed by atoms with van der Waals surface area (Å²) in [6.07, 6.45) is 2.16. The van der Waals surface area contributed by atoms with Crippen LogP contribution in [0.2, 0.25) is 0 Å². The number of nitrogens with zero attached hydrogens (tertiary/aromatic N) is 1. The van der Waals surface area contributed by atoms with Crippen LogP contribution in [0.3, 0.4) is 0 Å². The van der Waals surface area contributed by atoms with Crippen LogP contribution < -0.4 is 15.6 Å². The van der Waals surface area contributed by atoms with Gasteiger partial charge in [-0.15, -0.1) is 0 Å². The fourth-order valence-corrected chi connectivity index (χ4v) is 3.23. The van der Waals surface area contributed by atoms with Crippen LogP contribution in [0, 0.1) is 5.92 Å². The molecule has 1 aliphatic heterocycles. The summed E-state index contributed by atoms with van der Waals surface area (Å²) in [5.41, 5.74) is 6.28. The van der Waals surface area contributed by atoms with Crippen molar-refractivity contribution < 1.29 is 19.1 Å². The average molecular weight is 409 g/mol. The van der Waals surface area contributed by atoms with E-state index in [1.807, 2.05) is 30.3 Å². The maximum absolute atomic E-state index is 12.4. The van der Waals surface area contributed by atoms with Gasteiger partial charge < -0.3 is 9.64 Å². The fraction of sp³-hybridized carbons (Fsp3) is 0.348. The number of amides is 3. The topological polar surface area (TPSA) is 87.7 Å². The monoisotopic (exact) mass is 409 g/mol. The molecule has 3 rings (SSSR count). The molecule has 0 bridgehead atoms. The number of hydrogen-bond donors (Lipinski definition) is 2. The number of nitrogens with one attached hydrogen (secondary N) is 2. The zero-order valence-corrected chi connectivity index (χ0v) is 17.1. The Labute approximate surface area is 176 Å². The zero-order chi connectivity index (χ0) is 21.3. The lowest BCUT2D eigenvalue weighted by atomic mass is 10.1. The van der Waals surface area contributed by atoms with E-state index in [9.17, 15) is 14.4 Å². The Morgan fingerprint density at radius 3 is 2.50 bits per heavy atom. The van der Waals surface area contributed by atoms with Crippen LogP contribution in [0.1, 0.15) is 42.1 Å². The molecule has 158 valence electrons. The molecule has 0 aliphatic carbocycles. The lowest BCUT2D eigenvalue weighted by molar-refractivity contribution is -0.129. The van der Waals surface area contributed by atoms with Gasteiger partial charge in [-0.05, 0) is 36.2 Å². The van der Waals surface area contributed by atoms with Crippen molar-refractivity contribution in [3.05, 3.63) is 65.7 Å². The second-order valence-corrected chi connectivity index (χ2v) is 7.33. The number of likely N-dealkylation sites (tertiary alicyclic amines) is 1. The Kier molecular flexibility index (Phi) is 7.43. The molecule has 2 aromatic rings. The van der Waals surface area contributed by atoms with Gasteiger partial charge in [0.1, 0.15) is 5.75 Å². The van der Waals surface area contributed by atoms with Crippen LogP contribution in [-0.2, 0) is 16.1 Å². The Morgan fingerprint density at radius 2 is 1.80 bits per heavy atom. The smallest absolute Gasteiger partial charge is 0.269 e. The Hall–Kier alpha value is -3.35. The first-order valence-electron chi connectivity index (χ1n) is 10.2. The number of carbonyl (C=O) groups is 3. The van der Waals surface area contributed by atoms with E-state index in [1.165, 1.54) is 0 Å². The molecule has 0 spiro atoms. The quantitative estimate of drug-likeness (QED) is 0.518. The molecule has 1 unspecified atom stereocenters. The Morgan fingerprint density at radius 1 is 1.07 bits per heavy atom. The van der Waals surface area contributed by atoms with E-state index in [-0.39, 0.29) is 18.2 Å². The molecule has 0 radical (unpaired) electrons. The summed E-state index contributed by atoms with van der Waals surface area (Å²) in [6.45, 7) is 3.54. The Balaban J connectivity index is 1.46. The van der Waals surface area contributed by atoms with E-state index in [0.717, 1.165) is 18.4 Å². The maximum Gasteiger partial charge on any atom is 0.269 e. The molecule has 2 aromatic carbocycles. The molecule has 3 amide bonds. The molecule has 0 saturated carbocycles. The maximum atomic E-state index is 12.4. The minimum absolute atomic E-state index is 0.0657. The van der Waals surface area contributed by atoms with Gasteiger partial charge in [0.05, 0.1) is 12.5 Å². The van der Waals surface area contributed by atoms with Gasteiger partial charge in [0, 0.05) is 25.1 Å². The number of carbonyl (C=O) groups excluding carboxylic acids is 3. The van der Waals surface area contributed by atoms with Gasteiger partial charge in [-0.1, -0.05) is 43.7 Å². The van der Waals surface area contributed by atoms with Crippen LogP contribution in [0.5, 0.6) is 5.75 Å². The molecule has 1 fully saturated rings. The van der Waals surface area contributed by atoms with Crippen LogP contribution >= 0.6 is 0 Å². The van der Waals surface area contributed by atoms with Gasteiger partial charge in [-0.3, -0.25) is 25.2 Å². The van der Waals surface area contributed by atoms with Crippen molar-refractivity contribution >= 4 is 17.7 Å². The summed E-state index contributed by atoms with van der Waals surface area (Å²) in [6, 6.07) is 16.4. The summed E-state index contributed by atoms with van der Waals surface area (Å²) < 4.78 is 5.57. The van der Waals surface area contributed by atoms with E-state index in [1.54, 1.807) is 29.2 Å². The van der Waals surface area contributed by atoms with Gasteiger partial charge >= 0.3 is 0 Å². The fourth-order valence-electron chi connectivity index (χ4n) is 3.23. The standard InChI is InChI=1S/C23H27N3O4/c1-2-3-13-30-20-11-9-18(10-12-20)22(28)24-25-23(29)19-14-21(27)26(16-19)15-17-7-5-4-6-8-17/h4-12,19H,2-3,13-16H2,1H3,(H,24,28)(H,25,29). The molecular formula is C23H27N3O4. The summed E-state index contributed by atoms with van der Waals surface area (Å²) in [5.74, 6) is -0.646. The van der Waals surface area contributed by atoms with Crippen molar-refractivity contribution in [3.63, 3.8) is 0 Å². The number of benzene rings is 2. The number of hydrogen-bond acceptors (Lipinski definition) is 4. The van der Waals surface area contributed by atoms with Crippen molar-refractivity contribution in [2.24, 2.45) is 5.92 Å². The average Bonchev–Trinajstić information content (AvgIpc) is 3.13. The van der Waals surface area contributed by atoms with Gasteiger partial charge in [0.15, 0.2) is 0 Å². The second-order valence-electron chi connectivity index (χ2n) is 7.33. The van der Waals surface area contributed by atoms with E-state index >= 15 is 0 Å². The SMILES string of the molecule is CCCCOc1ccc(C(=O)NNC(=O)C2CC(=O)N(Cc3ccccc3)C2)cc1. The van der Waals surface area contributed by atoms with Gasteiger partial charge in [0.25, 0.3) is 5.91 Å². The van der Waals surface area contributed by atoms with Crippen LogP contribution in [-0.4, -0.2) is 35.8 Å². The molecule has 30 heavy (non-hydrogen) atoms. The Bertz CT molecular complexity index is 868. The van der Waals surface area contributed by atoms with Crippen LogP contribution in [0.15, 0.2) is 54.6 Å². The number of unbranched alkanes of at least 4 members (excludes halogenated alkanes) is 1. The summed E-state index contributed by atoms with van der Waals surface area (Å²) in [4.78, 5) is 38.6. The minimum Gasteiger partial charge on any atom is -0.494 e. The predicted octanol–water partition coefficient (Wildman–Crippen LogP) is 2.68. The summed E-state index contributed by atoms with van der Waals surface area (Å²) in [5, 5.41) is 0. The van der Waals surface area contributed by atoms with Crippen LogP contribution in [0.4, 0.5) is 0 Å². The van der Waals surface area contributed by atoms with E-state index < -0.39 is 11.8 Å². The number of ether oxygens (including phenoxy) is 1. The molecule has 1 heterocycles. The molecule has 1 aliphatic rings. The molecular weight excluding hydrogens is 382 g/mol. The third-order valence-electron chi connectivity index (χ3n) is 4.98. The highest BCUT2D eigenvalue weighted by Crippen LogP contribution is 2.20.